The van der Waals surface area contributed by atoms with Crippen LogP contribution in [0.2, 0.25) is 0 Å². The molecule has 128 valence electrons. The molecule has 0 atom stereocenters. The molecule has 0 fully saturated rings. The Morgan fingerprint density at radius 2 is 1.56 bits per heavy atom. The molecule has 0 saturated heterocycles. The number of hydrogen-bond acceptors (Lipinski definition) is 4. The molecule has 1 N–H and O–H groups in total. The normalized spacial score (nSPS) is 11.2. The molecule has 0 aliphatic rings. The molecule has 3 aromatic rings. The Kier molecular flexibility index (Phi) is 5.31. The van der Waals surface area contributed by atoms with Crippen LogP contribution in [0.5, 0.6) is 0 Å². The third kappa shape index (κ3) is 4.15. The highest BCUT2D eigenvalue weighted by Crippen LogP contribution is 2.28. The zero-order valence-electron chi connectivity index (χ0n) is 13.4. The first-order chi connectivity index (χ1) is 12.1. The number of rotatable bonds is 6. The fraction of sp³-hybridized carbons (Fsp3) is 0.105. The number of benzene rings is 2. The molecule has 0 spiro atoms. The van der Waals surface area contributed by atoms with E-state index < -0.39 is 9.84 Å². The van der Waals surface area contributed by atoms with Crippen molar-refractivity contribution >= 4 is 27.1 Å². The maximum Gasteiger partial charge on any atom is 0.262 e. The summed E-state index contributed by atoms with van der Waals surface area (Å²) in [5, 5.41) is 4.57. The van der Waals surface area contributed by atoms with Gasteiger partial charge in [-0.15, -0.1) is 11.3 Å². The molecule has 1 aromatic heterocycles. The summed E-state index contributed by atoms with van der Waals surface area (Å²) in [5.74, 6) is -0.383. The van der Waals surface area contributed by atoms with Gasteiger partial charge in [-0.1, -0.05) is 48.5 Å². The van der Waals surface area contributed by atoms with Gasteiger partial charge in [0.15, 0.2) is 9.84 Å². The number of nitrogens with one attached hydrogen (secondary N) is 1. The highest BCUT2D eigenvalue weighted by Gasteiger charge is 2.17. The van der Waals surface area contributed by atoms with Gasteiger partial charge in [-0.3, -0.25) is 4.79 Å². The van der Waals surface area contributed by atoms with Gasteiger partial charge in [0, 0.05) is 12.1 Å². The van der Waals surface area contributed by atoms with Crippen molar-refractivity contribution < 1.29 is 13.2 Å². The second kappa shape index (κ2) is 7.63. The number of amides is 1. The molecule has 0 aliphatic heterocycles. The number of carbonyl (C=O) groups is 1. The number of thiophene rings is 1. The van der Waals surface area contributed by atoms with E-state index in [9.17, 15) is 13.2 Å². The lowest BCUT2D eigenvalue weighted by molar-refractivity contribution is 0.0960. The third-order valence-corrected chi connectivity index (χ3v) is 6.36. The molecular weight excluding hydrogens is 354 g/mol. The van der Waals surface area contributed by atoms with E-state index in [0.29, 0.717) is 4.88 Å². The summed E-state index contributed by atoms with van der Waals surface area (Å²) < 4.78 is 24.5. The van der Waals surface area contributed by atoms with Crippen LogP contribution in [-0.2, 0) is 9.84 Å². The minimum absolute atomic E-state index is 0.0716. The predicted molar refractivity (Wildman–Crippen MR) is 101 cm³/mol. The molecule has 3 rings (SSSR count). The Morgan fingerprint density at radius 3 is 2.24 bits per heavy atom. The van der Waals surface area contributed by atoms with Crippen molar-refractivity contribution in [1.82, 2.24) is 5.32 Å². The van der Waals surface area contributed by atoms with Gasteiger partial charge in [-0.25, -0.2) is 8.42 Å². The Balaban J connectivity index is 1.66. The van der Waals surface area contributed by atoms with E-state index in [1.165, 1.54) is 11.3 Å². The second-order valence-corrected chi connectivity index (χ2v) is 8.44. The van der Waals surface area contributed by atoms with Gasteiger partial charge in [-0.2, -0.15) is 0 Å². The first kappa shape index (κ1) is 17.4. The van der Waals surface area contributed by atoms with Gasteiger partial charge >= 0.3 is 0 Å². The molecule has 0 bridgehead atoms. The van der Waals surface area contributed by atoms with E-state index in [2.05, 4.69) is 5.32 Å². The van der Waals surface area contributed by atoms with E-state index in [1.807, 2.05) is 41.8 Å². The molecule has 0 saturated carbocycles. The van der Waals surface area contributed by atoms with Gasteiger partial charge in [0.2, 0.25) is 0 Å². The van der Waals surface area contributed by atoms with Crippen molar-refractivity contribution in [2.45, 2.75) is 4.90 Å². The SMILES string of the molecule is O=C(NCCS(=O)(=O)c1ccccc1)c1sccc1-c1ccccc1. The van der Waals surface area contributed by atoms with E-state index in [1.54, 1.807) is 30.3 Å². The molecule has 4 nitrogen and oxygen atoms in total. The maximum absolute atomic E-state index is 12.4. The third-order valence-electron chi connectivity index (χ3n) is 3.71. The smallest absolute Gasteiger partial charge is 0.262 e. The highest BCUT2D eigenvalue weighted by atomic mass is 32.2. The lowest BCUT2D eigenvalue weighted by Gasteiger charge is -2.07. The van der Waals surface area contributed by atoms with Crippen LogP contribution >= 0.6 is 11.3 Å². The average Bonchev–Trinajstić information content (AvgIpc) is 3.13. The fourth-order valence-electron chi connectivity index (χ4n) is 2.46. The minimum atomic E-state index is -3.40. The van der Waals surface area contributed by atoms with Crippen molar-refractivity contribution in [3.8, 4) is 11.1 Å². The topological polar surface area (TPSA) is 63.2 Å². The van der Waals surface area contributed by atoms with Crippen LogP contribution in [-0.4, -0.2) is 26.6 Å². The molecule has 0 unspecified atom stereocenters. The van der Waals surface area contributed by atoms with Gasteiger partial charge in [0.05, 0.1) is 15.5 Å². The first-order valence-electron chi connectivity index (χ1n) is 7.77. The molecular formula is C19H17NO3S2. The van der Waals surface area contributed by atoms with E-state index in [-0.39, 0.29) is 23.1 Å². The van der Waals surface area contributed by atoms with Gasteiger partial charge < -0.3 is 5.32 Å². The monoisotopic (exact) mass is 371 g/mol. The van der Waals surface area contributed by atoms with Crippen LogP contribution in [0.15, 0.2) is 77.0 Å². The van der Waals surface area contributed by atoms with E-state index in [0.717, 1.165) is 11.1 Å². The Hall–Kier alpha value is -2.44. The van der Waals surface area contributed by atoms with Crippen LogP contribution in [0.4, 0.5) is 0 Å². The summed E-state index contributed by atoms with van der Waals surface area (Å²) >= 11 is 1.35. The van der Waals surface area contributed by atoms with Crippen molar-refractivity contribution in [3.05, 3.63) is 77.0 Å². The molecule has 0 radical (unpaired) electrons. The Labute approximate surface area is 151 Å². The van der Waals surface area contributed by atoms with Gasteiger partial charge in [0.1, 0.15) is 0 Å². The highest BCUT2D eigenvalue weighted by molar-refractivity contribution is 7.91. The number of hydrogen-bond donors (Lipinski definition) is 1. The second-order valence-electron chi connectivity index (χ2n) is 5.42. The van der Waals surface area contributed by atoms with Crippen molar-refractivity contribution in [1.29, 1.82) is 0 Å². The minimum Gasteiger partial charge on any atom is -0.350 e. The van der Waals surface area contributed by atoms with Crippen molar-refractivity contribution in [2.75, 3.05) is 12.3 Å². The van der Waals surface area contributed by atoms with Crippen LogP contribution < -0.4 is 5.32 Å². The molecule has 2 aromatic carbocycles. The zero-order chi connectivity index (χ0) is 17.7. The van der Waals surface area contributed by atoms with Crippen molar-refractivity contribution in [2.24, 2.45) is 0 Å². The Bertz CT molecular complexity index is 949. The lowest BCUT2D eigenvalue weighted by Crippen LogP contribution is -2.28. The maximum atomic E-state index is 12.4. The van der Waals surface area contributed by atoms with Gasteiger partial charge in [-0.05, 0) is 29.1 Å². The summed E-state index contributed by atoms with van der Waals surface area (Å²) in [5.41, 5.74) is 1.82. The number of carbonyl (C=O) groups excluding carboxylic acids is 1. The van der Waals surface area contributed by atoms with Crippen LogP contribution in [0.25, 0.3) is 11.1 Å². The summed E-state index contributed by atoms with van der Waals surface area (Å²) in [6.45, 7) is 0.0716. The van der Waals surface area contributed by atoms with Crippen LogP contribution in [0, 0.1) is 0 Å². The van der Waals surface area contributed by atoms with E-state index >= 15 is 0 Å². The standard InChI is InChI=1S/C19H17NO3S2/c21-19(18-17(11-13-24-18)15-7-3-1-4-8-15)20-12-14-25(22,23)16-9-5-2-6-10-16/h1-11,13H,12,14H2,(H,20,21). The predicted octanol–water partition coefficient (Wildman–Crippen LogP) is 3.62. The van der Waals surface area contributed by atoms with E-state index in [4.69, 9.17) is 0 Å². The van der Waals surface area contributed by atoms with Crippen molar-refractivity contribution in [3.63, 3.8) is 0 Å². The first-order valence-corrected chi connectivity index (χ1v) is 10.3. The number of sulfone groups is 1. The van der Waals surface area contributed by atoms with Crippen LogP contribution in [0.3, 0.4) is 0 Å². The molecule has 0 aliphatic carbocycles. The summed E-state index contributed by atoms with van der Waals surface area (Å²) in [4.78, 5) is 13.3. The molecule has 25 heavy (non-hydrogen) atoms. The zero-order valence-corrected chi connectivity index (χ0v) is 15.0. The largest absolute Gasteiger partial charge is 0.350 e. The summed E-state index contributed by atoms with van der Waals surface area (Å²) in [7, 11) is -3.40. The summed E-state index contributed by atoms with van der Waals surface area (Å²) in [6, 6.07) is 19.8. The molecule has 1 amide bonds. The molecule has 1 heterocycles. The quantitative estimate of drug-likeness (QED) is 0.720. The fourth-order valence-corrected chi connectivity index (χ4v) is 4.47. The average molecular weight is 371 g/mol. The molecule has 6 heteroatoms. The Morgan fingerprint density at radius 1 is 0.920 bits per heavy atom. The van der Waals surface area contributed by atoms with Gasteiger partial charge in [0.25, 0.3) is 5.91 Å². The summed E-state index contributed by atoms with van der Waals surface area (Å²) in [6.07, 6.45) is 0. The van der Waals surface area contributed by atoms with Crippen LogP contribution in [0.1, 0.15) is 9.67 Å². The lowest BCUT2D eigenvalue weighted by atomic mass is 10.1.